The number of para-hydroxylation sites is 1. The largest absolute Gasteiger partial charge is 0.497 e. The van der Waals surface area contributed by atoms with Gasteiger partial charge in [0.15, 0.2) is 0 Å². The van der Waals surface area contributed by atoms with Crippen molar-refractivity contribution in [2.75, 3.05) is 25.5 Å². The Morgan fingerprint density at radius 1 is 1.09 bits per heavy atom. The third kappa shape index (κ3) is 5.63. The van der Waals surface area contributed by atoms with E-state index in [0.717, 1.165) is 12.8 Å². The Kier molecular flexibility index (Phi) is 7.81. The lowest BCUT2D eigenvalue weighted by Gasteiger charge is -2.34. The molecule has 0 saturated carbocycles. The number of carbonyl (C=O) groups is 2. The smallest absolute Gasteiger partial charge is 0.313 e. The van der Waals surface area contributed by atoms with E-state index in [4.69, 9.17) is 4.74 Å². The minimum Gasteiger partial charge on any atom is -0.497 e. The van der Waals surface area contributed by atoms with Crippen molar-refractivity contribution in [3.8, 4) is 5.75 Å². The first kappa shape index (κ1) is 23.7. The Morgan fingerprint density at radius 3 is 2.50 bits per heavy atom. The Bertz CT molecular complexity index is 1060. The minimum absolute atomic E-state index is 0.0864. The molecule has 2 aromatic carbocycles. The van der Waals surface area contributed by atoms with Crippen LogP contribution < -0.4 is 15.4 Å². The first-order valence-electron chi connectivity index (χ1n) is 10.3. The molecule has 8 nitrogen and oxygen atoms in total. The van der Waals surface area contributed by atoms with Crippen molar-refractivity contribution < 1.29 is 27.1 Å². The van der Waals surface area contributed by atoms with Gasteiger partial charge in [0.05, 0.1) is 17.7 Å². The Hall–Kier alpha value is -2.98. The number of carbonyl (C=O) groups excluding carboxylic acids is 2. The van der Waals surface area contributed by atoms with Crippen molar-refractivity contribution in [2.45, 2.75) is 36.6 Å². The molecule has 10 heteroatoms. The molecular weight excluding hydrogens is 437 g/mol. The fraction of sp³-hybridized carbons (Fsp3) is 0.364. The van der Waals surface area contributed by atoms with Crippen molar-refractivity contribution >= 4 is 27.5 Å². The molecule has 1 aliphatic rings. The maximum Gasteiger partial charge on any atom is 0.313 e. The maximum atomic E-state index is 13.6. The molecule has 0 spiro atoms. The highest BCUT2D eigenvalue weighted by Crippen LogP contribution is 2.27. The zero-order chi connectivity index (χ0) is 23.1. The summed E-state index contributed by atoms with van der Waals surface area (Å²) in [5.41, 5.74) is -0.0864. The van der Waals surface area contributed by atoms with Crippen LogP contribution in [0.4, 0.5) is 10.1 Å². The molecule has 172 valence electrons. The lowest BCUT2D eigenvalue weighted by molar-refractivity contribution is -0.136. The lowest BCUT2D eigenvalue weighted by Crippen LogP contribution is -2.45. The fourth-order valence-electron chi connectivity index (χ4n) is 3.64. The van der Waals surface area contributed by atoms with Crippen LogP contribution in [0.1, 0.15) is 25.7 Å². The van der Waals surface area contributed by atoms with Gasteiger partial charge in [-0.1, -0.05) is 18.6 Å². The summed E-state index contributed by atoms with van der Waals surface area (Å²) in [6.07, 6.45) is 2.64. The molecule has 2 N–H and O–H groups in total. The van der Waals surface area contributed by atoms with Crippen LogP contribution in [0, 0.1) is 5.82 Å². The first-order chi connectivity index (χ1) is 15.3. The molecule has 0 aliphatic carbocycles. The zero-order valence-electron chi connectivity index (χ0n) is 17.7. The molecule has 1 heterocycles. The number of rotatable bonds is 7. The summed E-state index contributed by atoms with van der Waals surface area (Å²) >= 11 is 0. The van der Waals surface area contributed by atoms with Gasteiger partial charge in [-0.05, 0) is 55.7 Å². The summed E-state index contributed by atoms with van der Waals surface area (Å²) in [6.45, 7) is 0.504. The Labute approximate surface area is 186 Å². The van der Waals surface area contributed by atoms with Gasteiger partial charge in [0, 0.05) is 19.1 Å². The standard InChI is InChI=1S/C22H26FN3O5S/c1-31-17-9-11-18(12-10-17)32(29,30)26-15-5-4-6-16(26)13-14-24-21(27)22(28)25-20-8-3-2-7-19(20)23/h2-3,7-12,16H,4-6,13-15H2,1H3,(H,24,27)(H,25,28)/t16-/m1/s1. The summed E-state index contributed by atoms with van der Waals surface area (Å²) in [7, 11) is -2.20. The fourth-order valence-corrected chi connectivity index (χ4v) is 5.36. The molecule has 1 fully saturated rings. The Morgan fingerprint density at radius 2 is 1.81 bits per heavy atom. The number of hydrogen-bond donors (Lipinski definition) is 2. The van der Waals surface area contributed by atoms with Crippen molar-refractivity contribution in [1.82, 2.24) is 9.62 Å². The summed E-state index contributed by atoms with van der Waals surface area (Å²) in [4.78, 5) is 24.3. The third-order valence-electron chi connectivity index (χ3n) is 5.33. The van der Waals surface area contributed by atoms with E-state index in [0.29, 0.717) is 25.1 Å². The number of hydrogen-bond acceptors (Lipinski definition) is 5. The molecule has 2 amide bonds. The zero-order valence-corrected chi connectivity index (χ0v) is 18.5. The summed E-state index contributed by atoms with van der Waals surface area (Å²) in [5.74, 6) is -1.97. The van der Waals surface area contributed by atoms with E-state index < -0.39 is 27.7 Å². The van der Waals surface area contributed by atoms with Crippen LogP contribution in [-0.4, -0.2) is 50.8 Å². The topological polar surface area (TPSA) is 105 Å². The summed E-state index contributed by atoms with van der Waals surface area (Å²) < 4.78 is 46.4. The van der Waals surface area contributed by atoms with Crippen LogP contribution in [0.5, 0.6) is 5.75 Å². The number of ether oxygens (including phenoxy) is 1. The summed E-state index contributed by atoms with van der Waals surface area (Å²) in [5, 5.41) is 4.70. The predicted molar refractivity (Wildman–Crippen MR) is 117 cm³/mol. The van der Waals surface area contributed by atoms with Gasteiger partial charge in [-0.2, -0.15) is 4.31 Å². The number of sulfonamides is 1. The van der Waals surface area contributed by atoms with Crippen LogP contribution in [0.15, 0.2) is 53.4 Å². The van der Waals surface area contributed by atoms with Crippen LogP contribution in [0.3, 0.4) is 0 Å². The number of amides is 2. The quantitative estimate of drug-likeness (QED) is 0.614. The number of anilines is 1. The number of nitrogens with zero attached hydrogens (tertiary/aromatic N) is 1. The normalized spacial score (nSPS) is 16.9. The van der Waals surface area contributed by atoms with Gasteiger partial charge in [-0.25, -0.2) is 12.8 Å². The molecular formula is C22H26FN3O5S. The van der Waals surface area contributed by atoms with Gasteiger partial charge in [0.25, 0.3) is 0 Å². The van der Waals surface area contributed by atoms with Gasteiger partial charge >= 0.3 is 11.8 Å². The highest BCUT2D eigenvalue weighted by atomic mass is 32.2. The van der Waals surface area contributed by atoms with Crippen LogP contribution in [-0.2, 0) is 19.6 Å². The van der Waals surface area contributed by atoms with Gasteiger partial charge in [-0.3, -0.25) is 9.59 Å². The van der Waals surface area contributed by atoms with E-state index in [2.05, 4.69) is 10.6 Å². The molecule has 1 aliphatic heterocycles. The third-order valence-corrected chi connectivity index (χ3v) is 7.30. The van der Waals surface area contributed by atoms with E-state index in [1.54, 1.807) is 12.1 Å². The molecule has 0 aromatic heterocycles. The predicted octanol–water partition coefficient (Wildman–Crippen LogP) is 2.52. The summed E-state index contributed by atoms with van der Waals surface area (Å²) in [6, 6.07) is 11.5. The highest BCUT2D eigenvalue weighted by Gasteiger charge is 2.33. The van der Waals surface area contributed by atoms with Crippen molar-refractivity contribution in [3.05, 3.63) is 54.3 Å². The first-order valence-corrected chi connectivity index (χ1v) is 11.8. The van der Waals surface area contributed by atoms with Gasteiger partial charge < -0.3 is 15.4 Å². The monoisotopic (exact) mass is 463 g/mol. The minimum atomic E-state index is -3.70. The maximum absolute atomic E-state index is 13.6. The number of piperidine rings is 1. The average Bonchev–Trinajstić information content (AvgIpc) is 2.80. The van der Waals surface area contributed by atoms with Crippen LogP contribution >= 0.6 is 0 Å². The van der Waals surface area contributed by atoms with Gasteiger partial charge in [0.1, 0.15) is 11.6 Å². The average molecular weight is 464 g/mol. The van der Waals surface area contributed by atoms with Gasteiger partial charge in [0.2, 0.25) is 10.0 Å². The number of halogens is 1. The van der Waals surface area contributed by atoms with E-state index in [9.17, 15) is 22.4 Å². The molecule has 0 radical (unpaired) electrons. The molecule has 32 heavy (non-hydrogen) atoms. The molecule has 1 saturated heterocycles. The van der Waals surface area contributed by atoms with Crippen molar-refractivity contribution in [3.63, 3.8) is 0 Å². The molecule has 1 atom stereocenters. The number of nitrogens with one attached hydrogen (secondary N) is 2. The second kappa shape index (κ2) is 10.6. The van der Waals surface area contributed by atoms with E-state index in [1.807, 2.05) is 0 Å². The lowest BCUT2D eigenvalue weighted by atomic mass is 10.0. The second-order valence-corrected chi connectivity index (χ2v) is 9.31. The molecule has 0 unspecified atom stereocenters. The SMILES string of the molecule is COc1ccc(S(=O)(=O)N2CCCC[C@@H]2CCNC(=O)C(=O)Nc2ccccc2F)cc1. The van der Waals surface area contributed by atoms with E-state index in [1.165, 1.54) is 47.8 Å². The molecule has 0 bridgehead atoms. The number of methoxy groups -OCH3 is 1. The van der Waals surface area contributed by atoms with Crippen molar-refractivity contribution in [2.24, 2.45) is 0 Å². The Balaban J connectivity index is 1.58. The number of benzene rings is 2. The van der Waals surface area contributed by atoms with E-state index in [-0.39, 0.29) is 23.2 Å². The molecule has 2 aromatic rings. The van der Waals surface area contributed by atoms with Crippen molar-refractivity contribution in [1.29, 1.82) is 0 Å². The van der Waals surface area contributed by atoms with Gasteiger partial charge in [-0.15, -0.1) is 0 Å². The second-order valence-electron chi connectivity index (χ2n) is 7.42. The van der Waals surface area contributed by atoms with Crippen LogP contribution in [0.2, 0.25) is 0 Å². The highest BCUT2D eigenvalue weighted by molar-refractivity contribution is 7.89. The molecule has 3 rings (SSSR count). The van der Waals surface area contributed by atoms with Crippen LogP contribution in [0.25, 0.3) is 0 Å². The van der Waals surface area contributed by atoms with E-state index >= 15 is 0 Å².